The first kappa shape index (κ1) is 19.6. The van der Waals surface area contributed by atoms with E-state index in [1.807, 2.05) is 0 Å². The number of hydrogen-bond donors (Lipinski definition) is 2. The zero-order chi connectivity index (χ0) is 18.4. The van der Waals surface area contributed by atoms with Crippen molar-refractivity contribution in [2.45, 2.75) is 58.4 Å². The topological polar surface area (TPSA) is 67.4 Å². The Bertz CT molecular complexity index is 623. The summed E-state index contributed by atoms with van der Waals surface area (Å²) in [4.78, 5) is 25.4. The van der Waals surface area contributed by atoms with Gasteiger partial charge in [-0.25, -0.2) is 0 Å². The first-order valence-electron chi connectivity index (χ1n) is 8.80. The molecule has 2 N–H and O–H groups in total. The molecule has 1 aromatic carbocycles. The van der Waals surface area contributed by atoms with Crippen LogP contribution in [0, 0.1) is 5.41 Å². The quantitative estimate of drug-likeness (QED) is 0.607. The Morgan fingerprint density at radius 2 is 1.76 bits per heavy atom. The lowest BCUT2D eigenvalue weighted by Crippen LogP contribution is -2.48. The van der Waals surface area contributed by atoms with Crippen LogP contribution in [0.25, 0.3) is 0 Å². The number of halogens is 1. The summed E-state index contributed by atoms with van der Waals surface area (Å²) in [5, 5.41) is 6.30. The van der Waals surface area contributed by atoms with Crippen molar-refractivity contribution in [2.24, 2.45) is 5.41 Å². The van der Waals surface area contributed by atoms with E-state index < -0.39 is 5.41 Å². The third kappa shape index (κ3) is 5.11. The van der Waals surface area contributed by atoms with Gasteiger partial charge >= 0.3 is 0 Å². The number of benzene rings is 1. The fraction of sp³-hybridized carbons (Fsp3) is 0.579. The van der Waals surface area contributed by atoms with E-state index in [1.54, 1.807) is 32.0 Å². The summed E-state index contributed by atoms with van der Waals surface area (Å²) in [7, 11) is 1.52. The van der Waals surface area contributed by atoms with Gasteiger partial charge in [0.05, 0.1) is 12.8 Å². The van der Waals surface area contributed by atoms with Crippen LogP contribution in [0.15, 0.2) is 18.2 Å². The van der Waals surface area contributed by atoms with E-state index >= 15 is 0 Å². The minimum Gasteiger partial charge on any atom is -0.495 e. The number of carbonyl (C=O) groups is 2. The molecular formula is C19H27ClN2O3. The van der Waals surface area contributed by atoms with Crippen molar-refractivity contribution in [3.8, 4) is 5.75 Å². The first-order chi connectivity index (χ1) is 11.8. The summed E-state index contributed by atoms with van der Waals surface area (Å²) in [5.41, 5.74) is -0.741. The molecule has 6 heteroatoms. The fourth-order valence-corrected chi connectivity index (χ4v) is 3.12. The molecule has 2 rings (SSSR count). The van der Waals surface area contributed by atoms with Crippen LogP contribution >= 0.6 is 11.6 Å². The predicted molar refractivity (Wildman–Crippen MR) is 100 cm³/mol. The van der Waals surface area contributed by atoms with Gasteiger partial charge in [0.1, 0.15) is 11.2 Å². The molecule has 0 bridgehead atoms. The van der Waals surface area contributed by atoms with Gasteiger partial charge in [-0.15, -0.1) is 0 Å². The van der Waals surface area contributed by atoms with Crippen LogP contribution < -0.4 is 15.4 Å². The van der Waals surface area contributed by atoms with E-state index in [4.69, 9.17) is 16.3 Å². The van der Waals surface area contributed by atoms with Gasteiger partial charge in [0.15, 0.2) is 0 Å². The molecular weight excluding hydrogens is 340 g/mol. The van der Waals surface area contributed by atoms with E-state index in [0.29, 0.717) is 16.5 Å². The highest BCUT2D eigenvalue weighted by molar-refractivity contribution is 6.31. The smallest absolute Gasteiger partial charge is 0.239 e. The van der Waals surface area contributed by atoms with Crippen LogP contribution in [-0.2, 0) is 9.59 Å². The number of carbonyl (C=O) groups excluding carboxylic acids is 2. The van der Waals surface area contributed by atoms with E-state index in [0.717, 1.165) is 25.7 Å². The molecule has 2 amide bonds. The lowest BCUT2D eigenvalue weighted by molar-refractivity contribution is -0.138. The molecule has 1 aromatic rings. The molecule has 0 radical (unpaired) electrons. The minimum atomic E-state index is -1.19. The van der Waals surface area contributed by atoms with Gasteiger partial charge in [0.25, 0.3) is 0 Å². The maximum Gasteiger partial charge on any atom is 0.239 e. The monoisotopic (exact) mass is 366 g/mol. The van der Waals surface area contributed by atoms with E-state index in [9.17, 15) is 9.59 Å². The van der Waals surface area contributed by atoms with Crippen LogP contribution in [-0.4, -0.2) is 25.0 Å². The van der Waals surface area contributed by atoms with Crippen molar-refractivity contribution in [1.82, 2.24) is 5.32 Å². The molecule has 138 valence electrons. The minimum absolute atomic E-state index is 0.155. The van der Waals surface area contributed by atoms with Gasteiger partial charge in [-0.1, -0.05) is 37.3 Å². The summed E-state index contributed by atoms with van der Waals surface area (Å²) in [6.07, 6.45) is 6.63. The standard InChI is InChI=1S/C19H27ClN2O3/c1-19(2,17(23)21-14-8-6-4-5-7-9-14)18(24)22-15-12-13(20)10-11-16(15)25-3/h10-12,14H,4-9H2,1-3H3,(H,21,23)(H,22,24). The maximum atomic E-state index is 12.7. The number of amides is 2. The molecule has 0 unspecified atom stereocenters. The average Bonchev–Trinajstić information content (AvgIpc) is 2.83. The lowest BCUT2D eigenvalue weighted by atomic mass is 9.90. The zero-order valence-corrected chi connectivity index (χ0v) is 15.9. The molecule has 1 aliphatic rings. The summed E-state index contributed by atoms with van der Waals surface area (Å²) in [5.74, 6) is -0.144. The molecule has 0 aromatic heterocycles. The van der Waals surface area contributed by atoms with E-state index in [-0.39, 0.29) is 17.9 Å². The Labute approximate surface area is 154 Å². The van der Waals surface area contributed by atoms with Crippen molar-refractivity contribution in [1.29, 1.82) is 0 Å². The average molecular weight is 367 g/mol. The van der Waals surface area contributed by atoms with Crippen molar-refractivity contribution >= 4 is 29.1 Å². The summed E-state index contributed by atoms with van der Waals surface area (Å²) in [6, 6.07) is 5.12. The second-order valence-corrected chi connectivity index (χ2v) is 7.52. The van der Waals surface area contributed by atoms with Gasteiger partial charge in [-0.05, 0) is 44.9 Å². The largest absolute Gasteiger partial charge is 0.495 e. The highest BCUT2D eigenvalue weighted by Gasteiger charge is 2.37. The molecule has 5 nitrogen and oxygen atoms in total. The fourth-order valence-electron chi connectivity index (χ4n) is 2.95. The highest BCUT2D eigenvalue weighted by atomic mass is 35.5. The summed E-state index contributed by atoms with van der Waals surface area (Å²) >= 11 is 5.99. The SMILES string of the molecule is COc1ccc(Cl)cc1NC(=O)C(C)(C)C(=O)NC1CCCCCC1. The Morgan fingerprint density at radius 3 is 2.36 bits per heavy atom. The molecule has 0 heterocycles. The number of anilines is 1. The Morgan fingerprint density at radius 1 is 1.12 bits per heavy atom. The van der Waals surface area contributed by atoms with E-state index in [2.05, 4.69) is 10.6 Å². The third-order valence-corrected chi connectivity index (χ3v) is 4.97. The van der Waals surface area contributed by atoms with Crippen LogP contribution in [0.1, 0.15) is 52.4 Å². The number of nitrogens with one attached hydrogen (secondary N) is 2. The predicted octanol–water partition coefficient (Wildman–Crippen LogP) is 4.15. The normalized spacial score (nSPS) is 16.0. The van der Waals surface area contributed by atoms with Crippen LogP contribution in [0.4, 0.5) is 5.69 Å². The lowest BCUT2D eigenvalue weighted by Gasteiger charge is -2.26. The maximum absolute atomic E-state index is 12.7. The second kappa shape index (κ2) is 8.56. The summed E-state index contributed by atoms with van der Waals surface area (Å²) < 4.78 is 5.24. The van der Waals surface area contributed by atoms with Gasteiger partial charge < -0.3 is 15.4 Å². The molecule has 25 heavy (non-hydrogen) atoms. The number of rotatable bonds is 5. The third-order valence-electron chi connectivity index (χ3n) is 4.74. The molecule has 0 aliphatic heterocycles. The number of hydrogen-bond acceptors (Lipinski definition) is 3. The van der Waals surface area contributed by atoms with Gasteiger partial charge in [-0.3, -0.25) is 9.59 Å². The summed E-state index contributed by atoms with van der Waals surface area (Å²) in [6.45, 7) is 3.26. The van der Waals surface area contributed by atoms with Gasteiger partial charge in [0, 0.05) is 11.1 Å². The van der Waals surface area contributed by atoms with Crippen molar-refractivity contribution in [2.75, 3.05) is 12.4 Å². The number of ether oxygens (including phenoxy) is 1. The molecule has 1 fully saturated rings. The second-order valence-electron chi connectivity index (χ2n) is 7.09. The van der Waals surface area contributed by atoms with Gasteiger partial charge in [-0.2, -0.15) is 0 Å². The van der Waals surface area contributed by atoms with Crippen molar-refractivity contribution in [3.63, 3.8) is 0 Å². The Kier molecular flexibility index (Phi) is 6.71. The van der Waals surface area contributed by atoms with Crippen LogP contribution in [0.5, 0.6) is 5.75 Å². The van der Waals surface area contributed by atoms with Gasteiger partial charge in [0.2, 0.25) is 11.8 Å². The zero-order valence-electron chi connectivity index (χ0n) is 15.2. The van der Waals surface area contributed by atoms with Crippen LogP contribution in [0.2, 0.25) is 5.02 Å². The molecule has 1 saturated carbocycles. The van der Waals surface area contributed by atoms with Crippen molar-refractivity contribution in [3.05, 3.63) is 23.2 Å². The first-order valence-corrected chi connectivity index (χ1v) is 9.18. The Hall–Kier alpha value is -1.75. The molecule has 0 saturated heterocycles. The highest BCUT2D eigenvalue weighted by Crippen LogP contribution is 2.30. The van der Waals surface area contributed by atoms with Crippen molar-refractivity contribution < 1.29 is 14.3 Å². The molecule has 1 aliphatic carbocycles. The van der Waals surface area contributed by atoms with Crippen LogP contribution in [0.3, 0.4) is 0 Å². The molecule has 0 atom stereocenters. The number of methoxy groups -OCH3 is 1. The Balaban J connectivity index is 2.05. The van der Waals surface area contributed by atoms with E-state index in [1.165, 1.54) is 20.0 Å². The molecule has 0 spiro atoms.